The van der Waals surface area contributed by atoms with Gasteiger partial charge in [-0.25, -0.2) is 0 Å². The fourth-order valence-corrected chi connectivity index (χ4v) is 4.85. The normalized spacial score (nSPS) is 23.0. The zero-order valence-electron chi connectivity index (χ0n) is 17.6. The van der Waals surface area contributed by atoms with Gasteiger partial charge in [-0.3, -0.25) is 14.7 Å². The Morgan fingerprint density at radius 1 is 1.23 bits per heavy atom. The number of nitrogens with zero attached hydrogens (tertiary/aromatic N) is 2. The number of hydrogen-bond acceptors (Lipinski definition) is 4. The summed E-state index contributed by atoms with van der Waals surface area (Å²) in [5.41, 5.74) is 3.09. The average Bonchev–Trinajstić information content (AvgIpc) is 3.17. The fourth-order valence-electron chi connectivity index (χ4n) is 4.85. The van der Waals surface area contributed by atoms with Crippen LogP contribution >= 0.6 is 0 Å². The maximum absolute atomic E-state index is 12.0. The lowest BCUT2D eigenvalue weighted by Crippen LogP contribution is -2.51. The number of rotatable bonds is 7. The zero-order chi connectivity index (χ0) is 21.1. The van der Waals surface area contributed by atoms with Crippen LogP contribution in [0, 0.1) is 0 Å². The summed E-state index contributed by atoms with van der Waals surface area (Å²) in [6, 6.07) is 13.7. The van der Waals surface area contributed by atoms with E-state index < -0.39 is 12.0 Å². The van der Waals surface area contributed by atoms with Crippen molar-refractivity contribution in [2.45, 2.75) is 49.7 Å². The lowest BCUT2D eigenvalue weighted by Gasteiger charge is -2.45. The molecule has 2 heterocycles. The lowest BCUT2D eigenvalue weighted by molar-refractivity contribution is -0.139. The minimum atomic E-state index is -0.797. The van der Waals surface area contributed by atoms with Crippen molar-refractivity contribution >= 4 is 16.9 Å². The van der Waals surface area contributed by atoms with Gasteiger partial charge in [0.05, 0.1) is 11.2 Å². The summed E-state index contributed by atoms with van der Waals surface area (Å²) in [5, 5.41) is 14.4. The number of carboxylic acid groups (broad SMARTS) is 1. The molecular formula is C24H30N4O2. The van der Waals surface area contributed by atoms with Gasteiger partial charge < -0.3 is 15.4 Å². The molecule has 30 heavy (non-hydrogen) atoms. The lowest BCUT2D eigenvalue weighted by atomic mass is 9.76. The van der Waals surface area contributed by atoms with Gasteiger partial charge in [-0.05, 0) is 63.5 Å². The molecule has 0 spiro atoms. The Bertz CT molecular complexity index is 991. The van der Waals surface area contributed by atoms with E-state index in [4.69, 9.17) is 0 Å². The predicted molar refractivity (Wildman–Crippen MR) is 118 cm³/mol. The van der Waals surface area contributed by atoms with Crippen LogP contribution in [0.5, 0.6) is 0 Å². The number of H-pyrrole nitrogens is 1. The summed E-state index contributed by atoms with van der Waals surface area (Å²) in [7, 11) is 4.22. The molecule has 0 amide bonds. The first-order valence-corrected chi connectivity index (χ1v) is 10.6. The SMILES string of the molecule is CN(C)C1(c2ccccn2)CCC(N[C@@H](Cc2c[nH]c3ccccc23)C(=O)O)CC1. The minimum absolute atomic E-state index is 0.0883. The number of carbonyl (C=O) groups is 1. The molecule has 3 aromatic rings. The smallest absolute Gasteiger partial charge is 0.321 e. The Morgan fingerprint density at radius 2 is 1.97 bits per heavy atom. The second-order valence-corrected chi connectivity index (χ2v) is 8.54. The molecular weight excluding hydrogens is 376 g/mol. The summed E-state index contributed by atoms with van der Waals surface area (Å²) < 4.78 is 0. The zero-order valence-corrected chi connectivity index (χ0v) is 17.6. The topological polar surface area (TPSA) is 81.2 Å². The number of fused-ring (bicyclic) bond motifs is 1. The Hall–Kier alpha value is -2.70. The van der Waals surface area contributed by atoms with E-state index in [9.17, 15) is 9.90 Å². The molecule has 0 radical (unpaired) electrons. The molecule has 2 aromatic heterocycles. The van der Waals surface area contributed by atoms with E-state index in [1.165, 1.54) is 0 Å². The Labute approximate surface area is 177 Å². The van der Waals surface area contributed by atoms with Crippen LogP contribution in [-0.2, 0) is 16.8 Å². The van der Waals surface area contributed by atoms with E-state index in [2.05, 4.69) is 40.3 Å². The highest BCUT2D eigenvalue weighted by Crippen LogP contribution is 2.40. The summed E-state index contributed by atoms with van der Waals surface area (Å²) in [6.07, 6.45) is 8.00. The van der Waals surface area contributed by atoms with Crippen LogP contribution in [0.4, 0.5) is 0 Å². The quantitative estimate of drug-likeness (QED) is 0.559. The number of aromatic amines is 1. The molecule has 1 aliphatic carbocycles. The summed E-state index contributed by atoms with van der Waals surface area (Å²) in [6.45, 7) is 0. The van der Waals surface area contributed by atoms with Crippen molar-refractivity contribution in [2.24, 2.45) is 0 Å². The maximum Gasteiger partial charge on any atom is 0.321 e. The highest BCUT2D eigenvalue weighted by molar-refractivity contribution is 5.84. The summed E-state index contributed by atoms with van der Waals surface area (Å²) >= 11 is 0. The molecule has 1 atom stereocenters. The molecule has 158 valence electrons. The summed E-state index contributed by atoms with van der Waals surface area (Å²) in [4.78, 5) is 22.1. The van der Waals surface area contributed by atoms with E-state index >= 15 is 0 Å². The highest BCUT2D eigenvalue weighted by Gasteiger charge is 2.40. The van der Waals surface area contributed by atoms with Gasteiger partial charge in [-0.1, -0.05) is 24.3 Å². The maximum atomic E-state index is 12.0. The predicted octanol–water partition coefficient (Wildman–Crippen LogP) is 3.55. The molecule has 0 bridgehead atoms. The Morgan fingerprint density at radius 3 is 2.63 bits per heavy atom. The molecule has 0 unspecified atom stereocenters. The van der Waals surface area contributed by atoms with E-state index in [1.54, 1.807) is 0 Å². The number of nitrogens with one attached hydrogen (secondary N) is 2. The van der Waals surface area contributed by atoms with Crippen LogP contribution in [0.25, 0.3) is 10.9 Å². The van der Waals surface area contributed by atoms with Gasteiger partial charge in [0.25, 0.3) is 0 Å². The van der Waals surface area contributed by atoms with Gasteiger partial charge in [-0.15, -0.1) is 0 Å². The third-order valence-corrected chi connectivity index (χ3v) is 6.64. The molecule has 6 nitrogen and oxygen atoms in total. The fraction of sp³-hybridized carbons (Fsp3) is 0.417. The first-order valence-electron chi connectivity index (χ1n) is 10.6. The van der Waals surface area contributed by atoms with Crippen molar-refractivity contribution in [3.63, 3.8) is 0 Å². The Balaban J connectivity index is 1.45. The van der Waals surface area contributed by atoms with Gasteiger partial charge in [0.1, 0.15) is 6.04 Å². The molecule has 1 saturated carbocycles. The van der Waals surface area contributed by atoms with E-state index in [0.717, 1.165) is 47.8 Å². The molecule has 0 saturated heterocycles. The molecule has 1 fully saturated rings. The first-order chi connectivity index (χ1) is 14.5. The largest absolute Gasteiger partial charge is 0.480 e. The van der Waals surface area contributed by atoms with Gasteiger partial charge in [0.2, 0.25) is 0 Å². The molecule has 6 heteroatoms. The number of aromatic nitrogens is 2. The second-order valence-electron chi connectivity index (χ2n) is 8.54. The second kappa shape index (κ2) is 8.58. The van der Waals surface area contributed by atoms with Crippen LogP contribution in [0.3, 0.4) is 0 Å². The van der Waals surface area contributed by atoms with Crippen molar-refractivity contribution in [1.82, 2.24) is 20.2 Å². The van der Waals surface area contributed by atoms with Crippen LogP contribution in [0.2, 0.25) is 0 Å². The van der Waals surface area contributed by atoms with Crippen LogP contribution < -0.4 is 5.32 Å². The number of hydrogen-bond donors (Lipinski definition) is 3. The third kappa shape index (κ3) is 3.98. The van der Waals surface area contributed by atoms with Gasteiger partial charge >= 0.3 is 5.97 Å². The molecule has 1 aliphatic rings. The summed E-state index contributed by atoms with van der Waals surface area (Å²) in [5.74, 6) is -0.797. The van der Waals surface area contributed by atoms with Crippen LogP contribution in [0.1, 0.15) is 36.9 Å². The Kier molecular flexibility index (Phi) is 5.88. The van der Waals surface area contributed by atoms with Crippen molar-refractivity contribution in [1.29, 1.82) is 0 Å². The van der Waals surface area contributed by atoms with Crippen molar-refractivity contribution in [2.75, 3.05) is 14.1 Å². The molecule has 1 aromatic carbocycles. The van der Waals surface area contributed by atoms with Gasteiger partial charge in [0.15, 0.2) is 0 Å². The number of pyridine rings is 1. The highest BCUT2D eigenvalue weighted by atomic mass is 16.4. The standard InChI is InChI=1S/C24H30N4O2/c1-28(2)24(22-9-5-6-14-25-22)12-10-18(11-13-24)27-21(23(29)30)15-17-16-26-20-8-4-3-7-19(17)20/h3-9,14,16,18,21,26-27H,10-13,15H2,1-2H3,(H,29,30)/t18?,21-,24?/m0/s1. The van der Waals surface area contributed by atoms with Gasteiger partial charge in [-0.2, -0.15) is 0 Å². The van der Waals surface area contributed by atoms with E-state index in [-0.39, 0.29) is 11.6 Å². The molecule has 4 rings (SSSR count). The molecule has 3 N–H and O–H groups in total. The van der Waals surface area contributed by atoms with E-state index in [1.807, 2.05) is 48.8 Å². The van der Waals surface area contributed by atoms with Crippen molar-refractivity contribution < 1.29 is 9.90 Å². The minimum Gasteiger partial charge on any atom is -0.480 e. The van der Waals surface area contributed by atoms with Crippen LogP contribution in [0.15, 0.2) is 54.9 Å². The monoisotopic (exact) mass is 406 g/mol. The van der Waals surface area contributed by atoms with Gasteiger partial charge in [0, 0.05) is 35.8 Å². The average molecular weight is 407 g/mol. The van der Waals surface area contributed by atoms with Crippen molar-refractivity contribution in [3.05, 3.63) is 66.1 Å². The number of aliphatic carboxylic acids is 1. The van der Waals surface area contributed by atoms with Crippen LogP contribution in [-0.4, -0.2) is 52.1 Å². The number of benzene rings is 1. The van der Waals surface area contributed by atoms with Crippen molar-refractivity contribution in [3.8, 4) is 0 Å². The first kappa shape index (κ1) is 20.6. The van der Waals surface area contributed by atoms with E-state index in [0.29, 0.717) is 6.42 Å². The number of para-hydroxylation sites is 1. The number of carboxylic acids is 1. The third-order valence-electron chi connectivity index (χ3n) is 6.64. The molecule has 0 aliphatic heterocycles.